The Morgan fingerprint density at radius 1 is 1.12 bits per heavy atom. The number of hydrogen-bond acceptors (Lipinski definition) is 1. The molecule has 2 heterocycles. The fourth-order valence-electron chi connectivity index (χ4n) is 1.88. The second-order valence-electron chi connectivity index (χ2n) is 4.10. The summed E-state index contributed by atoms with van der Waals surface area (Å²) >= 11 is 6.12. The minimum absolute atomic E-state index is 0.726. The van der Waals surface area contributed by atoms with Crippen LogP contribution in [0, 0.1) is 6.92 Å². The van der Waals surface area contributed by atoms with Crippen LogP contribution in [0.15, 0.2) is 42.6 Å². The number of pyridine rings is 1. The van der Waals surface area contributed by atoms with Crippen molar-refractivity contribution in [2.24, 2.45) is 0 Å². The van der Waals surface area contributed by atoms with Crippen LogP contribution in [0.1, 0.15) is 5.56 Å². The highest BCUT2D eigenvalue weighted by Crippen LogP contribution is 2.27. The first-order valence-corrected chi connectivity index (χ1v) is 5.82. The first-order chi connectivity index (χ1) is 8.24. The third-order valence-corrected chi connectivity index (χ3v) is 3.17. The molecule has 0 spiro atoms. The van der Waals surface area contributed by atoms with Gasteiger partial charge in [0.15, 0.2) is 0 Å². The summed E-state index contributed by atoms with van der Waals surface area (Å²) in [6.07, 6.45) is 1.71. The van der Waals surface area contributed by atoms with E-state index >= 15 is 0 Å². The Morgan fingerprint density at radius 2 is 1.88 bits per heavy atom. The highest BCUT2D eigenvalue weighted by atomic mass is 35.5. The second kappa shape index (κ2) is 3.90. The van der Waals surface area contributed by atoms with Gasteiger partial charge in [-0.1, -0.05) is 41.4 Å². The van der Waals surface area contributed by atoms with Gasteiger partial charge in [0.05, 0.1) is 5.02 Å². The SMILES string of the molecule is Cc1ccc(-c2cc3c(Cl)ccnc3[nH]2)cc1. The molecule has 0 radical (unpaired) electrons. The first kappa shape index (κ1) is 10.4. The van der Waals surface area contributed by atoms with Gasteiger partial charge in [0.1, 0.15) is 5.65 Å². The van der Waals surface area contributed by atoms with Crippen molar-refractivity contribution in [3.8, 4) is 11.3 Å². The standard InChI is InChI=1S/C14H11ClN2/c1-9-2-4-10(5-3-9)13-8-11-12(15)6-7-16-14(11)17-13/h2-8H,1H3,(H,16,17). The van der Waals surface area contributed by atoms with Gasteiger partial charge in [-0.25, -0.2) is 4.98 Å². The summed E-state index contributed by atoms with van der Waals surface area (Å²) in [5.74, 6) is 0. The number of fused-ring (bicyclic) bond motifs is 1. The van der Waals surface area contributed by atoms with E-state index in [-0.39, 0.29) is 0 Å². The number of aromatic amines is 1. The molecule has 1 aromatic carbocycles. The summed E-state index contributed by atoms with van der Waals surface area (Å²) in [5.41, 5.74) is 4.26. The molecular weight excluding hydrogens is 232 g/mol. The number of nitrogens with zero attached hydrogens (tertiary/aromatic N) is 1. The maximum Gasteiger partial charge on any atom is 0.139 e. The monoisotopic (exact) mass is 242 g/mol. The van der Waals surface area contributed by atoms with Gasteiger partial charge in [-0.2, -0.15) is 0 Å². The van der Waals surface area contributed by atoms with Crippen molar-refractivity contribution in [2.45, 2.75) is 6.92 Å². The fourth-order valence-corrected chi connectivity index (χ4v) is 2.08. The predicted octanol–water partition coefficient (Wildman–Crippen LogP) is 4.19. The van der Waals surface area contributed by atoms with E-state index in [9.17, 15) is 0 Å². The van der Waals surface area contributed by atoms with Crippen LogP contribution in [0.2, 0.25) is 5.02 Å². The molecule has 0 saturated heterocycles. The van der Waals surface area contributed by atoms with E-state index in [0.717, 1.165) is 27.3 Å². The Kier molecular flexibility index (Phi) is 2.37. The Bertz CT molecular complexity index is 668. The fraction of sp³-hybridized carbons (Fsp3) is 0.0714. The van der Waals surface area contributed by atoms with Gasteiger partial charge in [-0.05, 0) is 24.6 Å². The van der Waals surface area contributed by atoms with Gasteiger partial charge >= 0.3 is 0 Å². The van der Waals surface area contributed by atoms with Crippen LogP contribution in [-0.2, 0) is 0 Å². The lowest BCUT2D eigenvalue weighted by Crippen LogP contribution is -1.78. The molecule has 0 aliphatic heterocycles. The molecule has 3 rings (SSSR count). The molecule has 3 aromatic rings. The van der Waals surface area contributed by atoms with Gasteiger partial charge in [-0.3, -0.25) is 0 Å². The summed E-state index contributed by atoms with van der Waals surface area (Å²) in [7, 11) is 0. The molecule has 0 aliphatic rings. The van der Waals surface area contributed by atoms with Crippen molar-refractivity contribution in [3.05, 3.63) is 53.2 Å². The number of H-pyrrole nitrogens is 1. The number of benzene rings is 1. The average molecular weight is 243 g/mol. The van der Waals surface area contributed by atoms with Crippen LogP contribution < -0.4 is 0 Å². The lowest BCUT2D eigenvalue weighted by Gasteiger charge is -1.97. The molecule has 0 atom stereocenters. The van der Waals surface area contributed by atoms with Gasteiger partial charge in [0, 0.05) is 17.3 Å². The molecule has 84 valence electrons. The summed E-state index contributed by atoms with van der Waals surface area (Å²) in [5, 5.41) is 1.69. The molecule has 0 saturated carbocycles. The summed E-state index contributed by atoms with van der Waals surface area (Å²) in [4.78, 5) is 7.54. The number of rotatable bonds is 1. The topological polar surface area (TPSA) is 28.7 Å². The van der Waals surface area contributed by atoms with E-state index in [1.807, 2.05) is 6.07 Å². The summed E-state index contributed by atoms with van der Waals surface area (Å²) in [6, 6.07) is 12.2. The molecule has 0 aliphatic carbocycles. The van der Waals surface area contributed by atoms with E-state index in [2.05, 4.69) is 41.2 Å². The van der Waals surface area contributed by atoms with E-state index < -0.39 is 0 Å². The molecular formula is C14H11ClN2. The van der Waals surface area contributed by atoms with E-state index in [1.165, 1.54) is 5.56 Å². The molecule has 0 bridgehead atoms. The molecule has 1 N–H and O–H groups in total. The van der Waals surface area contributed by atoms with Crippen molar-refractivity contribution >= 4 is 22.6 Å². The largest absolute Gasteiger partial charge is 0.339 e. The number of aromatic nitrogens is 2. The normalized spacial score (nSPS) is 10.9. The van der Waals surface area contributed by atoms with E-state index in [1.54, 1.807) is 12.3 Å². The van der Waals surface area contributed by atoms with Gasteiger partial charge in [0.2, 0.25) is 0 Å². The van der Waals surface area contributed by atoms with Crippen LogP contribution in [0.25, 0.3) is 22.3 Å². The van der Waals surface area contributed by atoms with E-state index in [0.29, 0.717) is 0 Å². The third-order valence-electron chi connectivity index (χ3n) is 2.84. The maximum absolute atomic E-state index is 6.12. The zero-order chi connectivity index (χ0) is 11.8. The van der Waals surface area contributed by atoms with Crippen LogP contribution in [0.4, 0.5) is 0 Å². The molecule has 2 nitrogen and oxygen atoms in total. The highest BCUT2D eigenvalue weighted by molar-refractivity contribution is 6.35. The quantitative estimate of drug-likeness (QED) is 0.681. The predicted molar refractivity (Wildman–Crippen MR) is 71.3 cm³/mol. The first-order valence-electron chi connectivity index (χ1n) is 5.44. The zero-order valence-corrected chi connectivity index (χ0v) is 10.1. The Morgan fingerprint density at radius 3 is 2.59 bits per heavy atom. The smallest absolute Gasteiger partial charge is 0.139 e. The van der Waals surface area contributed by atoms with E-state index in [4.69, 9.17) is 11.6 Å². The summed E-state index contributed by atoms with van der Waals surface area (Å²) < 4.78 is 0. The van der Waals surface area contributed by atoms with Crippen molar-refractivity contribution in [1.29, 1.82) is 0 Å². The number of hydrogen-bond donors (Lipinski definition) is 1. The third kappa shape index (κ3) is 1.81. The number of halogens is 1. The Labute approximate surface area is 104 Å². The second-order valence-corrected chi connectivity index (χ2v) is 4.51. The van der Waals surface area contributed by atoms with Crippen molar-refractivity contribution in [3.63, 3.8) is 0 Å². The van der Waals surface area contributed by atoms with Gasteiger partial charge in [-0.15, -0.1) is 0 Å². The van der Waals surface area contributed by atoms with Gasteiger partial charge in [0.25, 0.3) is 0 Å². The highest BCUT2D eigenvalue weighted by Gasteiger charge is 2.06. The molecule has 0 unspecified atom stereocenters. The molecule has 0 fully saturated rings. The Balaban J connectivity index is 2.18. The van der Waals surface area contributed by atoms with Crippen LogP contribution in [0.3, 0.4) is 0 Å². The minimum Gasteiger partial charge on any atom is -0.339 e. The lowest BCUT2D eigenvalue weighted by atomic mass is 10.1. The molecule has 0 amide bonds. The average Bonchev–Trinajstić information content (AvgIpc) is 2.75. The number of aryl methyl sites for hydroxylation is 1. The van der Waals surface area contributed by atoms with Crippen LogP contribution in [0.5, 0.6) is 0 Å². The van der Waals surface area contributed by atoms with Crippen molar-refractivity contribution in [1.82, 2.24) is 9.97 Å². The molecule has 3 heteroatoms. The van der Waals surface area contributed by atoms with Crippen LogP contribution >= 0.6 is 11.6 Å². The molecule has 2 aromatic heterocycles. The molecule has 17 heavy (non-hydrogen) atoms. The Hall–Kier alpha value is -1.80. The lowest BCUT2D eigenvalue weighted by molar-refractivity contribution is 1.32. The zero-order valence-electron chi connectivity index (χ0n) is 9.37. The van der Waals surface area contributed by atoms with Gasteiger partial charge < -0.3 is 4.98 Å². The summed E-state index contributed by atoms with van der Waals surface area (Å²) in [6.45, 7) is 2.08. The maximum atomic E-state index is 6.12. The van der Waals surface area contributed by atoms with Crippen molar-refractivity contribution in [2.75, 3.05) is 0 Å². The van der Waals surface area contributed by atoms with Crippen LogP contribution in [-0.4, -0.2) is 9.97 Å². The minimum atomic E-state index is 0.726. The number of nitrogens with one attached hydrogen (secondary N) is 1. The van der Waals surface area contributed by atoms with Crippen molar-refractivity contribution < 1.29 is 0 Å².